The minimum Gasteiger partial charge on any atom is -1.00 e. The Morgan fingerprint density at radius 3 is 1.20 bits per heavy atom. The van der Waals surface area contributed by atoms with Gasteiger partial charge in [-0.25, -0.2) is 9.59 Å². The maximum Gasteiger partial charge on any atom is 1.00 e. The molecule has 8 unspecified atom stereocenters. The molecule has 12 N–H and O–H groups in total. The second-order valence-corrected chi connectivity index (χ2v) is 24.8. The Morgan fingerprint density at radius 2 is 0.879 bits per heavy atom. The van der Waals surface area contributed by atoms with E-state index in [0.29, 0.717) is 32.5 Å². The number of nitrogens with two attached hydrogens (primary N) is 1. The summed E-state index contributed by atoms with van der Waals surface area (Å²) in [5.74, 6) is -3.69. The molecule has 4 aliphatic heterocycles. The Kier molecular flexibility index (Phi) is 44.6. The summed E-state index contributed by atoms with van der Waals surface area (Å²) in [6, 6.07) is 9.54. The van der Waals surface area contributed by atoms with E-state index in [1.54, 1.807) is 0 Å². The average molecular weight is 1760 g/mol. The third kappa shape index (κ3) is 27.6. The van der Waals surface area contributed by atoms with Crippen molar-refractivity contribution < 1.29 is 170 Å². The number of aryl methyl sites for hydroxylation is 2. The van der Waals surface area contributed by atoms with E-state index in [2.05, 4.69) is 101 Å². The Hall–Kier alpha value is -3.35. The minimum absolute atomic E-state index is 0. The Balaban J connectivity index is 0.000000846. The van der Waals surface area contributed by atoms with Crippen LogP contribution in [0.5, 0.6) is 0 Å². The van der Waals surface area contributed by atoms with Crippen LogP contribution in [0.1, 0.15) is 61.8 Å². The van der Waals surface area contributed by atoms with Crippen LogP contribution >= 0.6 is 45.2 Å². The van der Waals surface area contributed by atoms with Gasteiger partial charge in [-0.2, -0.15) is 0 Å². The van der Waals surface area contributed by atoms with E-state index < -0.39 is 171 Å². The number of aliphatic hydroxyl groups excluding tert-OH is 6. The molecule has 99 heavy (non-hydrogen) atoms. The van der Waals surface area contributed by atoms with Crippen molar-refractivity contribution in [2.45, 2.75) is 204 Å². The number of halogens is 3. The van der Waals surface area contributed by atoms with E-state index >= 15 is 0 Å². The summed E-state index contributed by atoms with van der Waals surface area (Å²) in [5, 5.41) is 76.5. The molecule has 0 aliphatic carbocycles. The Labute approximate surface area is 644 Å². The smallest absolute Gasteiger partial charge is 1.00 e. The van der Waals surface area contributed by atoms with E-state index in [0.717, 1.165) is 26.9 Å². The third-order valence-corrected chi connectivity index (χ3v) is 17.2. The van der Waals surface area contributed by atoms with Crippen LogP contribution in [0.2, 0.25) is 0 Å². The van der Waals surface area contributed by atoms with E-state index in [9.17, 15) is 59.4 Å². The summed E-state index contributed by atoms with van der Waals surface area (Å²) in [5.41, 5.74) is 5.58. The number of carbonyl (C=O) groups excluding carboxylic acids is 6. The van der Waals surface area contributed by atoms with Gasteiger partial charge in [-0.15, -0.1) is 0 Å². The first kappa shape index (κ1) is 93.7. The largest absolute Gasteiger partial charge is 1.00 e. The number of carbonyl (C=O) groups is 6. The van der Waals surface area contributed by atoms with Gasteiger partial charge in [0.2, 0.25) is 11.8 Å². The first-order valence-electron chi connectivity index (χ1n) is 30.5. The van der Waals surface area contributed by atoms with Crippen LogP contribution < -0.4 is 80.5 Å². The zero-order chi connectivity index (χ0) is 70.2. The topological polar surface area (TPSA) is 423 Å². The minimum atomic E-state index is -1.73. The first-order chi connectivity index (χ1) is 45.2. The van der Waals surface area contributed by atoms with Gasteiger partial charge in [0.1, 0.15) is 98.5 Å². The third-order valence-electron chi connectivity index (χ3n) is 15.3. The van der Waals surface area contributed by atoms with Gasteiger partial charge >= 0.3 is 41.5 Å². The summed E-state index contributed by atoms with van der Waals surface area (Å²) in [6.07, 6.45) is -15.8. The van der Waals surface area contributed by atoms with Crippen molar-refractivity contribution in [3.05, 3.63) is 92.9 Å². The molecule has 4 aliphatic rings. The zero-order valence-corrected chi connectivity index (χ0v) is 64.1. The average Bonchev–Trinajstić information content (AvgIpc) is 1.60. The fraction of sp³-hybridized carbons (Fsp3) is 0.651. The molecule has 0 bridgehead atoms. The van der Waals surface area contributed by atoms with Crippen molar-refractivity contribution in [1.29, 1.82) is 0 Å². The molecule has 3 aromatic rings. The van der Waals surface area contributed by atoms with Crippen LogP contribution in [0, 0.1) is 7.40 Å². The summed E-state index contributed by atoms with van der Waals surface area (Å²) in [7, 11) is 5.10. The van der Waals surface area contributed by atoms with Crippen LogP contribution in [0.3, 0.4) is 0 Å². The molecule has 7 heterocycles. The van der Waals surface area contributed by atoms with Crippen LogP contribution in [0.25, 0.3) is 0 Å². The molecule has 36 heteroatoms. The molecule has 4 saturated heterocycles. The summed E-state index contributed by atoms with van der Waals surface area (Å²) < 4.78 is 74.9. The molecule has 0 radical (unpaired) electrons. The number of hydrogen-bond donors (Lipinski definition) is 11. The number of methoxy groups -OCH3 is 4. The van der Waals surface area contributed by atoms with E-state index in [1.807, 2.05) is 53.4 Å². The maximum atomic E-state index is 13.2. The van der Waals surface area contributed by atoms with Crippen molar-refractivity contribution in [2.24, 2.45) is 5.73 Å². The summed E-state index contributed by atoms with van der Waals surface area (Å²) >= 11 is 4.46. The number of amides is 4. The quantitative estimate of drug-likeness (QED) is 0.0101. The second-order valence-electron chi connectivity index (χ2n) is 22.6. The standard InChI is InChI=1S/C27H39I2N3O12.C27H41N3O12.C7H12N2.2CH4.HI.Na/c1-12(2)25(38)41-11-14-18(34)21(17(31-13(3)33)26(40-5)42-14)43-27-20(36)19(35)22(39-4)23(44-27)24(37)30-9-6-10-32-15(28)7-8-16(32)29;1-14(2)25(36)39-13-16-18(32)21(17(29-15(3)31)26(38-5)40-16)41-27-20(34)19(33)22(37-4)23(42-27)24(35)28-9-8-12-30-10-6-7-11-30;8-4-3-7-9-5-1-2-6-9;;;;/h7-8,14,17-23,26-27,34-36H,1,6,9-11H2,2-5H3,(H,30,37)(H,31,33);6-7,10-11,16-23,26-27,32-34H,1,8-9,12-13H2,2-5H3,(H,28,35)(H,29,31);1-2,5-6H,3-4,7-8H2;2*1H4;1H;/q;;;;;;+1/p-1/t14?,17-,18+,19+,20-,21+,22-,23?,26?,27?;16?,17-,18+,19+,20-,21+,22-,23?,26?,27?;;;;;/m00...../s1. The fourth-order valence-corrected chi connectivity index (χ4v) is 12.2. The van der Waals surface area contributed by atoms with Crippen molar-refractivity contribution >= 4 is 80.7 Å². The van der Waals surface area contributed by atoms with E-state index in [1.165, 1.54) is 56.1 Å². The van der Waals surface area contributed by atoms with Gasteiger partial charge in [-0.1, -0.05) is 28.0 Å². The van der Waals surface area contributed by atoms with E-state index in [4.69, 9.17) is 62.6 Å². The Morgan fingerprint density at radius 1 is 0.525 bits per heavy atom. The van der Waals surface area contributed by atoms with Crippen molar-refractivity contribution in [3.63, 3.8) is 0 Å². The molecule has 558 valence electrons. The summed E-state index contributed by atoms with van der Waals surface area (Å²) in [6.45, 7) is 15.3. The van der Waals surface area contributed by atoms with Gasteiger partial charge in [-0.05, 0) is 121 Å². The molecule has 20 atom stereocenters. The number of hydrogen-bond acceptors (Lipinski definition) is 25. The monoisotopic (exact) mass is 1760 g/mol. The molecule has 0 aromatic carbocycles. The molecule has 4 fully saturated rings. The van der Waals surface area contributed by atoms with Gasteiger partial charge in [0.25, 0.3) is 11.8 Å². The number of aliphatic hydroxyl groups is 6. The number of aromatic nitrogens is 3. The fourth-order valence-electron chi connectivity index (χ4n) is 10.4. The van der Waals surface area contributed by atoms with Crippen LogP contribution in [-0.2, 0) is 105 Å². The van der Waals surface area contributed by atoms with E-state index in [-0.39, 0.29) is 86.1 Å². The molecule has 32 nitrogen and oxygen atoms in total. The number of nitrogens with one attached hydrogen (secondary N) is 4. The normalized spacial score (nSPS) is 29.2. The molecule has 4 amide bonds. The second kappa shape index (κ2) is 47.2. The van der Waals surface area contributed by atoms with Crippen LogP contribution in [0.4, 0.5) is 0 Å². The molecule has 0 spiro atoms. The van der Waals surface area contributed by atoms with Crippen LogP contribution in [0.15, 0.2) is 85.5 Å². The van der Waals surface area contributed by atoms with Gasteiger partial charge in [-0.3, -0.25) is 19.2 Å². The maximum absolute atomic E-state index is 13.2. The van der Waals surface area contributed by atoms with Gasteiger partial charge < -0.3 is 152 Å². The number of ether oxygens (including phenoxy) is 12. The van der Waals surface area contributed by atoms with Gasteiger partial charge in [0.15, 0.2) is 37.4 Å². The molecule has 3 aromatic heterocycles. The first-order valence-corrected chi connectivity index (χ1v) is 32.7. The number of esters is 2. The Bertz CT molecular complexity index is 2890. The molecule has 7 rings (SSSR count). The predicted molar refractivity (Wildman–Crippen MR) is 364 cm³/mol. The molecular formula is C63H100I3N8NaO24. The number of nitrogens with zero attached hydrogens (tertiary/aromatic N) is 3. The van der Waals surface area contributed by atoms with Gasteiger partial charge in [0, 0.05) is 111 Å². The zero-order valence-electron chi connectivity index (χ0n) is 55.6. The van der Waals surface area contributed by atoms with Gasteiger partial charge in [0.05, 0.1) is 7.40 Å². The van der Waals surface area contributed by atoms with Crippen molar-refractivity contribution in [2.75, 3.05) is 61.3 Å². The van der Waals surface area contributed by atoms with Crippen molar-refractivity contribution in [3.8, 4) is 0 Å². The number of rotatable bonds is 29. The predicted octanol–water partition coefficient (Wildman–Crippen LogP) is -6.28. The molecular weight excluding hydrogens is 1660 g/mol. The van der Waals surface area contributed by atoms with Crippen molar-refractivity contribution in [1.82, 2.24) is 35.0 Å². The molecule has 0 saturated carbocycles. The summed E-state index contributed by atoms with van der Waals surface area (Å²) in [4.78, 5) is 74.2. The SMILES string of the molecule is C.C.C=C(C)C(=O)OCC1OC(OC)[C@@H](NC(C)=O)[C@@H](OC2OC(C(=O)NCCCn3c(I)ccc3I)[C@@H](OC)[C@H](O)[C@@H]2O)[C@@H]1O.C=C(C)C(=O)OCC1OC(OC)[C@@H](NC(C)=O)[C@@H](OC2OC(C(=O)NCCCn3cccc3)[C@@H](OC)[C@H](O)[C@@H]2O)[C@@H]1O.NCCCn1cccc1.[I-].[Na+]. The van der Waals surface area contributed by atoms with Crippen LogP contribution in [-0.4, -0.2) is 264 Å².